The average molecular weight is 308 g/mol. The van der Waals surface area contributed by atoms with Crippen LogP contribution in [-0.4, -0.2) is 36.6 Å². The third-order valence-corrected chi connectivity index (χ3v) is 3.77. The summed E-state index contributed by atoms with van der Waals surface area (Å²) in [7, 11) is -4.59. The van der Waals surface area contributed by atoms with Gasteiger partial charge in [-0.3, -0.25) is 9.69 Å². The lowest BCUT2D eigenvalue weighted by atomic mass is 10.1. The molecule has 0 radical (unpaired) electrons. The zero-order valence-electron chi connectivity index (χ0n) is 10.0. The van der Waals surface area contributed by atoms with E-state index in [0.717, 1.165) is 0 Å². The molecule has 1 saturated heterocycles. The highest BCUT2D eigenvalue weighted by Gasteiger charge is 2.34. The highest BCUT2D eigenvalue weighted by molar-refractivity contribution is 7.86. The van der Waals surface area contributed by atoms with Crippen LogP contribution in [0.5, 0.6) is 0 Å². The van der Waals surface area contributed by atoms with Gasteiger partial charge in [0.25, 0.3) is 0 Å². The number of aryl methyl sites for hydroxylation is 1. The molecule has 1 aromatic heterocycles. The number of nitrogens with zero attached hydrogens (tertiary/aromatic N) is 3. The Labute approximate surface area is 114 Å². The fraction of sp³-hybridized carbons (Fsp3) is 0.500. The summed E-state index contributed by atoms with van der Waals surface area (Å²) < 4.78 is 33.8. The van der Waals surface area contributed by atoms with Crippen molar-refractivity contribution in [2.75, 3.05) is 17.2 Å². The van der Waals surface area contributed by atoms with Crippen molar-refractivity contribution in [1.82, 2.24) is 9.97 Å². The van der Waals surface area contributed by atoms with Gasteiger partial charge in [0.1, 0.15) is 16.8 Å². The monoisotopic (exact) mass is 307 g/mol. The number of halogens is 2. The van der Waals surface area contributed by atoms with E-state index >= 15 is 0 Å². The smallest absolute Gasteiger partial charge is 0.296 e. The van der Waals surface area contributed by atoms with Gasteiger partial charge in [-0.1, -0.05) is 11.6 Å². The van der Waals surface area contributed by atoms with Crippen LogP contribution in [0.25, 0.3) is 0 Å². The molecule has 6 nitrogen and oxygen atoms in total. The number of carbonyl (C=O) groups is 1. The van der Waals surface area contributed by atoms with E-state index in [-0.39, 0.29) is 24.0 Å². The minimum Gasteiger partial charge on any atom is -0.296 e. The largest absolute Gasteiger partial charge is 0.302 e. The molecule has 1 aliphatic rings. The van der Waals surface area contributed by atoms with Gasteiger partial charge < -0.3 is 0 Å². The van der Waals surface area contributed by atoms with Gasteiger partial charge in [-0.05, 0) is 6.92 Å². The molecule has 1 amide bonds. The van der Waals surface area contributed by atoms with Crippen molar-refractivity contribution in [3.63, 3.8) is 0 Å². The van der Waals surface area contributed by atoms with Crippen LogP contribution in [0.4, 0.5) is 9.70 Å². The maximum Gasteiger partial charge on any atom is 0.302 e. The Hall–Kier alpha value is -1.28. The fourth-order valence-electron chi connectivity index (χ4n) is 2.05. The molecule has 0 N–H and O–H groups in total. The predicted molar refractivity (Wildman–Crippen MR) is 67.1 cm³/mol. The SMILES string of the molecule is Cc1nc(Cl)cc(N2CC(CS(=O)(=O)F)CC2=O)n1. The molecule has 1 aliphatic heterocycles. The number of rotatable bonds is 3. The molecule has 0 bridgehead atoms. The lowest BCUT2D eigenvalue weighted by Crippen LogP contribution is -2.26. The summed E-state index contributed by atoms with van der Waals surface area (Å²) in [5.74, 6) is -0.829. The first kappa shape index (κ1) is 14.1. The average Bonchev–Trinajstić information content (AvgIpc) is 2.54. The topological polar surface area (TPSA) is 80.2 Å². The van der Waals surface area contributed by atoms with E-state index in [9.17, 15) is 17.1 Å². The van der Waals surface area contributed by atoms with Gasteiger partial charge in [0, 0.05) is 24.9 Å². The van der Waals surface area contributed by atoms with E-state index in [4.69, 9.17) is 11.6 Å². The van der Waals surface area contributed by atoms with Crippen LogP contribution in [0.15, 0.2) is 6.07 Å². The molecule has 0 saturated carbocycles. The number of aromatic nitrogens is 2. The lowest BCUT2D eigenvalue weighted by molar-refractivity contribution is -0.117. The van der Waals surface area contributed by atoms with Gasteiger partial charge in [0.05, 0.1) is 5.75 Å². The number of hydrogen-bond donors (Lipinski definition) is 0. The van der Waals surface area contributed by atoms with E-state index in [1.807, 2.05) is 0 Å². The zero-order chi connectivity index (χ0) is 14.2. The zero-order valence-corrected chi connectivity index (χ0v) is 11.6. The van der Waals surface area contributed by atoms with Gasteiger partial charge in [0.2, 0.25) is 5.91 Å². The normalized spacial score (nSPS) is 20.1. The Morgan fingerprint density at radius 2 is 2.21 bits per heavy atom. The van der Waals surface area contributed by atoms with Gasteiger partial charge in [-0.15, -0.1) is 3.89 Å². The number of carbonyl (C=O) groups excluding carboxylic acids is 1. The van der Waals surface area contributed by atoms with Crippen LogP contribution in [0.3, 0.4) is 0 Å². The third-order valence-electron chi connectivity index (χ3n) is 2.71. The summed E-state index contributed by atoms with van der Waals surface area (Å²) in [6, 6.07) is 1.42. The Morgan fingerprint density at radius 1 is 1.53 bits per heavy atom. The Balaban J connectivity index is 2.20. The maximum absolute atomic E-state index is 12.6. The minimum atomic E-state index is -4.59. The quantitative estimate of drug-likeness (QED) is 0.617. The standard InChI is InChI=1S/C10H11ClFN3O3S/c1-6-13-8(11)3-9(14-6)15-4-7(2-10(15)16)5-19(12,17)18/h3,7H,2,4-5H2,1H3. The number of anilines is 1. The molecule has 104 valence electrons. The second-order valence-corrected chi connectivity index (χ2v) is 6.17. The second-order valence-electron chi connectivity index (χ2n) is 4.38. The Bertz CT molecular complexity index is 602. The van der Waals surface area contributed by atoms with Crippen molar-refractivity contribution in [2.45, 2.75) is 13.3 Å². The molecule has 2 rings (SSSR count). The summed E-state index contributed by atoms with van der Waals surface area (Å²) in [6.45, 7) is 1.73. The van der Waals surface area contributed by atoms with E-state index in [2.05, 4.69) is 9.97 Å². The molecule has 0 aliphatic carbocycles. The number of hydrogen-bond acceptors (Lipinski definition) is 5. The summed E-state index contributed by atoms with van der Waals surface area (Å²) in [4.78, 5) is 21.0. The molecule has 1 aromatic rings. The molecule has 1 unspecified atom stereocenters. The maximum atomic E-state index is 12.6. The van der Waals surface area contributed by atoms with Crippen molar-refractivity contribution >= 4 is 33.5 Å². The number of amides is 1. The lowest BCUT2D eigenvalue weighted by Gasteiger charge is -2.15. The van der Waals surface area contributed by atoms with Crippen LogP contribution in [-0.2, 0) is 15.0 Å². The van der Waals surface area contributed by atoms with Crippen LogP contribution >= 0.6 is 11.6 Å². The van der Waals surface area contributed by atoms with E-state index < -0.39 is 21.9 Å². The molecule has 9 heteroatoms. The first-order chi connectivity index (χ1) is 8.74. The third kappa shape index (κ3) is 3.60. The molecule has 2 heterocycles. The Morgan fingerprint density at radius 3 is 2.79 bits per heavy atom. The fourth-order valence-corrected chi connectivity index (χ4v) is 3.06. The highest BCUT2D eigenvalue weighted by Crippen LogP contribution is 2.26. The van der Waals surface area contributed by atoms with E-state index in [1.54, 1.807) is 6.92 Å². The van der Waals surface area contributed by atoms with Gasteiger partial charge in [-0.25, -0.2) is 9.97 Å². The van der Waals surface area contributed by atoms with Crippen molar-refractivity contribution in [3.05, 3.63) is 17.0 Å². The Kier molecular flexibility index (Phi) is 3.73. The van der Waals surface area contributed by atoms with E-state index in [0.29, 0.717) is 11.6 Å². The van der Waals surface area contributed by atoms with Crippen molar-refractivity contribution in [3.8, 4) is 0 Å². The molecule has 1 fully saturated rings. The summed E-state index contributed by atoms with van der Waals surface area (Å²) in [5.41, 5.74) is 0. The predicted octanol–water partition coefficient (Wildman–Crippen LogP) is 1.09. The van der Waals surface area contributed by atoms with Crippen molar-refractivity contribution in [2.24, 2.45) is 5.92 Å². The van der Waals surface area contributed by atoms with Gasteiger partial charge in [-0.2, -0.15) is 8.42 Å². The molecule has 0 aromatic carbocycles. The molecule has 19 heavy (non-hydrogen) atoms. The first-order valence-electron chi connectivity index (χ1n) is 5.48. The van der Waals surface area contributed by atoms with Crippen LogP contribution in [0.2, 0.25) is 5.15 Å². The summed E-state index contributed by atoms with van der Waals surface area (Å²) in [6.07, 6.45) is -0.0240. The summed E-state index contributed by atoms with van der Waals surface area (Å²) >= 11 is 5.77. The van der Waals surface area contributed by atoms with Crippen LogP contribution in [0, 0.1) is 12.8 Å². The van der Waals surface area contributed by atoms with Crippen molar-refractivity contribution in [1.29, 1.82) is 0 Å². The van der Waals surface area contributed by atoms with Crippen LogP contribution < -0.4 is 4.90 Å². The first-order valence-corrected chi connectivity index (χ1v) is 7.41. The minimum absolute atomic E-state index is 0.0240. The molecule has 0 spiro atoms. The molecular weight excluding hydrogens is 297 g/mol. The van der Waals surface area contributed by atoms with Crippen LogP contribution in [0.1, 0.15) is 12.2 Å². The highest BCUT2D eigenvalue weighted by atomic mass is 35.5. The second kappa shape index (κ2) is 5.01. The molecule has 1 atom stereocenters. The van der Waals surface area contributed by atoms with Crippen molar-refractivity contribution < 1.29 is 17.1 Å². The van der Waals surface area contributed by atoms with E-state index in [1.165, 1.54) is 11.0 Å². The summed E-state index contributed by atoms with van der Waals surface area (Å²) in [5, 5.41) is 0.192. The molecular formula is C10H11ClFN3O3S. The van der Waals surface area contributed by atoms with Gasteiger partial charge >= 0.3 is 10.2 Å². The van der Waals surface area contributed by atoms with Gasteiger partial charge in [0.15, 0.2) is 0 Å².